The molecule has 18 heavy (non-hydrogen) atoms. The summed E-state index contributed by atoms with van der Waals surface area (Å²) in [4.78, 5) is 22.8. The number of benzene rings is 1. The Balaban J connectivity index is 2.52. The molecule has 0 saturated carbocycles. The van der Waals surface area contributed by atoms with Gasteiger partial charge < -0.3 is 15.7 Å². The molecule has 0 unspecified atom stereocenters. The zero-order valence-electron chi connectivity index (χ0n) is 10.4. The third-order valence-corrected chi connectivity index (χ3v) is 2.49. The van der Waals surface area contributed by atoms with Gasteiger partial charge >= 0.3 is 0 Å². The molecular formula is C13H18N2O3. The molecule has 0 fully saturated rings. The van der Waals surface area contributed by atoms with E-state index in [1.165, 1.54) is 0 Å². The Morgan fingerprint density at radius 2 is 2.11 bits per heavy atom. The monoisotopic (exact) mass is 250 g/mol. The minimum Gasteiger partial charge on any atom is -0.395 e. The van der Waals surface area contributed by atoms with Crippen molar-refractivity contribution in [2.45, 2.75) is 12.8 Å². The first-order valence-electron chi connectivity index (χ1n) is 5.86. The van der Waals surface area contributed by atoms with Gasteiger partial charge in [0.15, 0.2) is 0 Å². The van der Waals surface area contributed by atoms with Gasteiger partial charge in [-0.1, -0.05) is 12.1 Å². The highest BCUT2D eigenvalue weighted by Crippen LogP contribution is 2.07. The summed E-state index contributed by atoms with van der Waals surface area (Å²) < 4.78 is 0. The molecule has 98 valence electrons. The SMILES string of the molecule is CNC(=O)c1cccc(CCC(=O)NCCO)c1. The van der Waals surface area contributed by atoms with E-state index in [-0.39, 0.29) is 25.0 Å². The highest BCUT2D eigenvalue weighted by Gasteiger charge is 2.05. The van der Waals surface area contributed by atoms with Gasteiger partial charge in [-0.15, -0.1) is 0 Å². The second kappa shape index (κ2) is 7.45. The molecule has 0 aliphatic carbocycles. The van der Waals surface area contributed by atoms with Crippen molar-refractivity contribution in [3.8, 4) is 0 Å². The van der Waals surface area contributed by atoms with E-state index in [1.54, 1.807) is 25.2 Å². The molecule has 0 aliphatic rings. The molecule has 5 nitrogen and oxygen atoms in total. The standard InChI is InChI=1S/C13H18N2O3/c1-14-13(18)11-4-2-3-10(9-11)5-6-12(17)15-7-8-16/h2-4,9,16H,5-8H2,1H3,(H,14,18)(H,15,17). The molecular weight excluding hydrogens is 232 g/mol. The molecule has 5 heteroatoms. The maximum atomic E-state index is 11.4. The molecule has 1 rings (SSSR count). The number of aliphatic hydroxyl groups excluding tert-OH is 1. The zero-order valence-corrected chi connectivity index (χ0v) is 10.4. The summed E-state index contributed by atoms with van der Waals surface area (Å²) in [5.74, 6) is -0.240. The Labute approximate surface area is 106 Å². The van der Waals surface area contributed by atoms with E-state index < -0.39 is 0 Å². The highest BCUT2D eigenvalue weighted by molar-refractivity contribution is 5.94. The van der Waals surface area contributed by atoms with Crippen LogP contribution in [0.15, 0.2) is 24.3 Å². The fraction of sp³-hybridized carbons (Fsp3) is 0.385. The van der Waals surface area contributed by atoms with Crippen molar-refractivity contribution in [2.24, 2.45) is 0 Å². The van der Waals surface area contributed by atoms with Gasteiger partial charge in [0.1, 0.15) is 0 Å². The smallest absolute Gasteiger partial charge is 0.251 e. The van der Waals surface area contributed by atoms with E-state index in [1.807, 2.05) is 6.07 Å². The molecule has 2 amide bonds. The maximum absolute atomic E-state index is 11.4. The van der Waals surface area contributed by atoms with E-state index in [4.69, 9.17) is 5.11 Å². The Hall–Kier alpha value is -1.88. The Bertz CT molecular complexity index is 418. The molecule has 0 spiro atoms. The van der Waals surface area contributed by atoms with Crippen molar-refractivity contribution in [2.75, 3.05) is 20.2 Å². The predicted molar refractivity (Wildman–Crippen MR) is 68.2 cm³/mol. The molecule has 3 N–H and O–H groups in total. The molecule has 0 bridgehead atoms. The number of carbonyl (C=O) groups excluding carboxylic acids is 2. The molecule has 0 aromatic heterocycles. The lowest BCUT2D eigenvalue weighted by molar-refractivity contribution is -0.121. The summed E-state index contributed by atoms with van der Waals surface area (Å²) >= 11 is 0. The lowest BCUT2D eigenvalue weighted by atomic mass is 10.1. The number of hydrogen-bond donors (Lipinski definition) is 3. The van der Waals surface area contributed by atoms with E-state index >= 15 is 0 Å². The van der Waals surface area contributed by atoms with Crippen LogP contribution >= 0.6 is 0 Å². The average Bonchev–Trinajstić information content (AvgIpc) is 2.42. The van der Waals surface area contributed by atoms with Crippen LogP contribution in [0.1, 0.15) is 22.3 Å². The van der Waals surface area contributed by atoms with Gasteiger partial charge in [-0.3, -0.25) is 9.59 Å². The topological polar surface area (TPSA) is 78.4 Å². The number of hydrogen-bond acceptors (Lipinski definition) is 3. The minimum atomic E-state index is -0.137. The van der Waals surface area contributed by atoms with Gasteiger partial charge in [0.05, 0.1) is 6.61 Å². The Morgan fingerprint density at radius 1 is 1.33 bits per heavy atom. The first-order valence-corrected chi connectivity index (χ1v) is 5.86. The van der Waals surface area contributed by atoms with Gasteiger partial charge in [-0.25, -0.2) is 0 Å². The van der Waals surface area contributed by atoms with Crippen LogP contribution in [0.4, 0.5) is 0 Å². The molecule has 0 aliphatic heterocycles. The van der Waals surface area contributed by atoms with Crippen molar-refractivity contribution in [3.05, 3.63) is 35.4 Å². The summed E-state index contributed by atoms with van der Waals surface area (Å²) in [5, 5.41) is 13.7. The maximum Gasteiger partial charge on any atom is 0.251 e. The van der Waals surface area contributed by atoms with Crippen molar-refractivity contribution in [1.82, 2.24) is 10.6 Å². The van der Waals surface area contributed by atoms with Crippen LogP contribution in [0.2, 0.25) is 0 Å². The Kier molecular flexibility index (Phi) is 5.87. The number of carbonyl (C=O) groups is 2. The van der Waals surface area contributed by atoms with E-state index in [0.29, 0.717) is 18.4 Å². The third-order valence-electron chi connectivity index (χ3n) is 2.49. The van der Waals surface area contributed by atoms with Crippen molar-refractivity contribution < 1.29 is 14.7 Å². The van der Waals surface area contributed by atoms with Gasteiger partial charge in [-0.2, -0.15) is 0 Å². The normalized spacial score (nSPS) is 9.89. The quantitative estimate of drug-likeness (QED) is 0.669. The van der Waals surface area contributed by atoms with Crippen LogP contribution in [0.3, 0.4) is 0 Å². The van der Waals surface area contributed by atoms with Gasteiger partial charge in [0.2, 0.25) is 5.91 Å². The summed E-state index contributed by atoms with van der Waals surface area (Å²) in [6.45, 7) is 0.217. The van der Waals surface area contributed by atoms with Gasteiger partial charge in [0.25, 0.3) is 5.91 Å². The first-order chi connectivity index (χ1) is 8.67. The number of amides is 2. The molecule has 0 heterocycles. The number of aliphatic hydroxyl groups is 1. The summed E-state index contributed by atoms with van der Waals surface area (Å²) in [6.07, 6.45) is 0.916. The van der Waals surface area contributed by atoms with E-state index in [9.17, 15) is 9.59 Å². The summed E-state index contributed by atoms with van der Waals surface area (Å²) in [5.41, 5.74) is 1.53. The third kappa shape index (κ3) is 4.55. The first kappa shape index (κ1) is 14.2. The fourth-order valence-electron chi connectivity index (χ4n) is 1.55. The summed E-state index contributed by atoms with van der Waals surface area (Å²) in [7, 11) is 1.58. The molecule has 0 radical (unpaired) electrons. The van der Waals surface area contributed by atoms with Crippen molar-refractivity contribution in [1.29, 1.82) is 0 Å². The Morgan fingerprint density at radius 3 is 2.78 bits per heavy atom. The lowest BCUT2D eigenvalue weighted by Crippen LogP contribution is -2.26. The molecule has 1 aromatic carbocycles. The largest absolute Gasteiger partial charge is 0.395 e. The van der Waals surface area contributed by atoms with Gasteiger partial charge in [-0.05, 0) is 24.1 Å². The zero-order chi connectivity index (χ0) is 13.4. The average molecular weight is 250 g/mol. The highest BCUT2D eigenvalue weighted by atomic mass is 16.3. The van der Waals surface area contributed by atoms with Crippen molar-refractivity contribution >= 4 is 11.8 Å². The second-order valence-electron chi connectivity index (χ2n) is 3.85. The van der Waals surface area contributed by atoms with E-state index in [2.05, 4.69) is 10.6 Å². The fourth-order valence-corrected chi connectivity index (χ4v) is 1.55. The van der Waals surface area contributed by atoms with Crippen LogP contribution < -0.4 is 10.6 Å². The van der Waals surface area contributed by atoms with Crippen LogP contribution in [0, 0.1) is 0 Å². The molecule has 1 aromatic rings. The van der Waals surface area contributed by atoms with E-state index in [0.717, 1.165) is 5.56 Å². The van der Waals surface area contributed by atoms with Crippen molar-refractivity contribution in [3.63, 3.8) is 0 Å². The lowest BCUT2D eigenvalue weighted by Gasteiger charge is -2.05. The van der Waals surface area contributed by atoms with Crippen LogP contribution in [-0.4, -0.2) is 37.1 Å². The van der Waals surface area contributed by atoms with Crippen LogP contribution in [-0.2, 0) is 11.2 Å². The molecule has 0 saturated heterocycles. The molecule has 0 atom stereocenters. The predicted octanol–water partition coefficient (Wildman–Crippen LogP) is 0.0873. The number of nitrogens with one attached hydrogen (secondary N) is 2. The summed E-state index contributed by atoms with van der Waals surface area (Å²) in [6, 6.07) is 7.18. The van der Waals surface area contributed by atoms with Crippen LogP contribution in [0.25, 0.3) is 0 Å². The van der Waals surface area contributed by atoms with Crippen LogP contribution in [0.5, 0.6) is 0 Å². The minimum absolute atomic E-state index is 0.0576. The number of aryl methyl sites for hydroxylation is 1. The second-order valence-corrected chi connectivity index (χ2v) is 3.85. The number of rotatable bonds is 6. The van der Waals surface area contributed by atoms with Gasteiger partial charge in [0, 0.05) is 25.6 Å².